The van der Waals surface area contributed by atoms with Crippen LogP contribution in [-0.4, -0.2) is 0 Å². The Hall–Kier alpha value is -0.800. The van der Waals surface area contributed by atoms with Crippen molar-refractivity contribution in [3.05, 3.63) is 63.4 Å². The topological polar surface area (TPSA) is 0 Å². The summed E-state index contributed by atoms with van der Waals surface area (Å²) in [5.41, 5.74) is 3.75. The van der Waals surface area contributed by atoms with Gasteiger partial charge in [0.05, 0.1) is 0 Å². The van der Waals surface area contributed by atoms with Gasteiger partial charge in [-0.05, 0) is 34.7 Å². The van der Waals surface area contributed by atoms with Gasteiger partial charge in [0, 0.05) is 21.0 Å². The van der Waals surface area contributed by atoms with Crippen molar-refractivity contribution in [1.82, 2.24) is 0 Å². The minimum absolute atomic E-state index is 0.0953. The molecule has 0 nitrogen and oxygen atoms in total. The molecule has 104 valence electrons. The predicted molar refractivity (Wildman–Crippen MR) is 86.8 cm³/mol. The van der Waals surface area contributed by atoms with E-state index in [9.17, 15) is 4.39 Å². The molecule has 2 aromatic carbocycles. The first-order valence-corrected chi connectivity index (χ1v) is 8.56. The zero-order valence-electron chi connectivity index (χ0n) is 11.5. The van der Waals surface area contributed by atoms with Gasteiger partial charge in [-0.1, -0.05) is 54.0 Å². The second-order valence-corrected chi connectivity index (χ2v) is 7.32. The lowest BCUT2D eigenvalue weighted by Crippen LogP contribution is -2.11. The van der Waals surface area contributed by atoms with Gasteiger partial charge in [-0.15, -0.1) is 11.8 Å². The van der Waals surface area contributed by atoms with E-state index in [2.05, 4.69) is 54.0 Å². The van der Waals surface area contributed by atoms with Crippen LogP contribution in [0.15, 0.2) is 45.8 Å². The van der Waals surface area contributed by atoms with Crippen molar-refractivity contribution in [3.8, 4) is 0 Å². The Morgan fingerprint density at radius 3 is 2.60 bits per heavy atom. The molecule has 1 aliphatic heterocycles. The second-order valence-electron chi connectivity index (χ2n) is 5.48. The van der Waals surface area contributed by atoms with E-state index >= 15 is 0 Å². The number of fused-ring (bicyclic) bond motifs is 2. The van der Waals surface area contributed by atoms with Gasteiger partial charge in [0.15, 0.2) is 0 Å². The maximum atomic E-state index is 14.2. The van der Waals surface area contributed by atoms with Crippen LogP contribution in [0.4, 0.5) is 4.39 Å². The fourth-order valence-electron chi connectivity index (χ4n) is 2.97. The average molecular weight is 351 g/mol. The van der Waals surface area contributed by atoms with Crippen molar-refractivity contribution in [2.45, 2.75) is 30.4 Å². The summed E-state index contributed by atoms with van der Waals surface area (Å²) < 4.78 is 15.3. The maximum absolute atomic E-state index is 14.2. The van der Waals surface area contributed by atoms with E-state index in [0.717, 1.165) is 20.7 Å². The highest BCUT2D eigenvalue weighted by molar-refractivity contribution is 9.10. The molecule has 0 fully saturated rings. The highest BCUT2D eigenvalue weighted by atomic mass is 79.9. The van der Waals surface area contributed by atoms with Crippen molar-refractivity contribution in [1.29, 1.82) is 0 Å². The molecular weight excluding hydrogens is 335 g/mol. The van der Waals surface area contributed by atoms with Crippen molar-refractivity contribution in [2.24, 2.45) is 5.92 Å². The molecular formula is C17H16BrFS. The fourth-order valence-corrected chi connectivity index (χ4v) is 4.86. The van der Waals surface area contributed by atoms with Crippen molar-refractivity contribution < 1.29 is 4.39 Å². The summed E-state index contributed by atoms with van der Waals surface area (Å²) in [6.45, 7) is 4.42. The number of benzene rings is 2. The van der Waals surface area contributed by atoms with Gasteiger partial charge in [0.25, 0.3) is 0 Å². The highest BCUT2D eigenvalue weighted by Crippen LogP contribution is 2.46. The van der Waals surface area contributed by atoms with E-state index in [1.54, 1.807) is 17.8 Å². The highest BCUT2D eigenvalue weighted by Gasteiger charge is 2.28. The SMILES string of the molecule is CC(C)C1c2cccc(Br)c2CSc2c(F)cccc21. The van der Waals surface area contributed by atoms with E-state index in [1.165, 1.54) is 11.1 Å². The Labute approximate surface area is 131 Å². The van der Waals surface area contributed by atoms with Gasteiger partial charge in [-0.2, -0.15) is 0 Å². The fraction of sp³-hybridized carbons (Fsp3) is 0.294. The summed E-state index contributed by atoms with van der Waals surface area (Å²) in [6, 6.07) is 11.8. The molecule has 0 saturated heterocycles. The largest absolute Gasteiger partial charge is 0.206 e. The zero-order chi connectivity index (χ0) is 14.3. The van der Waals surface area contributed by atoms with Crippen molar-refractivity contribution >= 4 is 27.7 Å². The Balaban J connectivity index is 2.27. The monoisotopic (exact) mass is 350 g/mol. The molecule has 0 spiro atoms. The molecule has 0 radical (unpaired) electrons. The van der Waals surface area contributed by atoms with Gasteiger partial charge in [-0.3, -0.25) is 0 Å². The lowest BCUT2D eigenvalue weighted by molar-refractivity contribution is 0.539. The second kappa shape index (κ2) is 5.53. The molecule has 0 amide bonds. The number of thioether (sulfide) groups is 1. The van der Waals surface area contributed by atoms with E-state index < -0.39 is 0 Å². The van der Waals surface area contributed by atoms with Crippen LogP contribution in [0, 0.1) is 11.7 Å². The van der Waals surface area contributed by atoms with Crippen LogP contribution in [0.25, 0.3) is 0 Å². The molecule has 20 heavy (non-hydrogen) atoms. The van der Waals surface area contributed by atoms with Gasteiger partial charge < -0.3 is 0 Å². The summed E-state index contributed by atoms with van der Waals surface area (Å²) in [5.74, 6) is 1.40. The summed E-state index contributed by atoms with van der Waals surface area (Å²) in [4.78, 5) is 0.814. The van der Waals surface area contributed by atoms with E-state index in [4.69, 9.17) is 0 Å². The quantitative estimate of drug-likeness (QED) is 0.609. The Bertz CT molecular complexity index is 598. The molecule has 1 unspecified atom stereocenters. The summed E-state index contributed by atoms with van der Waals surface area (Å²) in [5, 5.41) is 0. The van der Waals surface area contributed by atoms with E-state index in [-0.39, 0.29) is 11.7 Å². The van der Waals surface area contributed by atoms with E-state index in [0.29, 0.717) is 5.92 Å². The first kappa shape index (κ1) is 14.2. The molecule has 1 aliphatic rings. The van der Waals surface area contributed by atoms with Crippen LogP contribution in [0.5, 0.6) is 0 Å². The van der Waals surface area contributed by atoms with Crippen LogP contribution in [0.1, 0.15) is 36.5 Å². The summed E-state index contributed by atoms with van der Waals surface area (Å²) >= 11 is 5.26. The first-order valence-electron chi connectivity index (χ1n) is 6.78. The third-order valence-corrected chi connectivity index (χ3v) is 5.75. The van der Waals surface area contributed by atoms with Crippen molar-refractivity contribution in [3.63, 3.8) is 0 Å². The summed E-state index contributed by atoms with van der Waals surface area (Å²) in [7, 11) is 0. The van der Waals surface area contributed by atoms with E-state index in [1.807, 2.05) is 6.07 Å². The minimum Gasteiger partial charge on any atom is -0.206 e. The Morgan fingerprint density at radius 1 is 1.15 bits per heavy atom. The van der Waals surface area contributed by atoms with Crippen LogP contribution < -0.4 is 0 Å². The normalized spacial score (nSPS) is 17.6. The number of rotatable bonds is 1. The first-order chi connectivity index (χ1) is 9.59. The lowest BCUT2D eigenvalue weighted by atomic mass is 9.81. The van der Waals surface area contributed by atoms with Gasteiger partial charge in [-0.25, -0.2) is 4.39 Å². The standard InChI is InChI=1S/C17H16BrFS/c1-10(2)16-11-5-3-7-14(18)13(11)9-20-17-12(16)6-4-8-15(17)19/h3-8,10,16H,9H2,1-2H3. The number of hydrogen-bond acceptors (Lipinski definition) is 1. The third kappa shape index (κ3) is 2.31. The van der Waals surface area contributed by atoms with Crippen LogP contribution in [0.2, 0.25) is 0 Å². The Kier molecular flexibility index (Phi) is 3.91. The molecule has 0 saturated carbocycles. The smallest absolute Gasteiger partial charge is 0.137 e. The maximum Gasteiger partial charge on any atom is 0.137 e. The van der Waals surface area contributed by atoms with Gasteiger partial charge >= 0.3 is 0 Å². The molecule has 0 N–H and O–H groups in total. The molecule has 3 heteroatoms. The predicted octanol–water partition coefficient (Wildman–Crippen LogP) is 5.98. The number of halogens is 2. The molecule has 0 bridgehead atoms. The average Bonchev–Trinajstić information content (AvgIpc) is 2.57. The molecule has 2 aromatic rings. The van der Waals surface area contributed by atoms with Crippen molar-refractivity contribution in [2.75, 3.05) is 0 Å². The molecule has 3 rings (SSSR count). The Morgan fingerprint density at radius 2 is 1.85 bits per heavy atom. The van der Waals surface area contributed by atoms with Gasteiger partial charge in [0.1, 0.15) is 5.82 Å². The van der Waals surface area contributed by atoms with Crippen LogP contribution in [-0.2, 0) is 5.75 Å². The molecule has 0 aromatic heterocycles. The van der Waals surface area contributed by atoms with Crippen LogP contribution >= 0.6 is 27.7 Å². The minimum atomic E-state index is -0.0953. The lowest BCUT2D eigenvalue weighted by Gasteiger charge is -2.24. The summed E-state index contributed by atoms with van der Waals surface area (Å²) in [6.07, 6.45) is 0. The van der Waals surface area contributed by atoms with Gasteiger partial charge in [0.2, 0.25) is 0 Å². The molecule has 1 heterocycles. The third-order valence-electron chi connectivity index (χ3n) is 3.85. The molecule has 0 aliphatic carbocycles. The van der Waals surface area contributed by atoms with Crippen LogP contribution in [0.3, 0.4) is 0 Å². The number of hydrogen-bond donors (Lipinski definition) is 0. The molecule has 1 atom stereocenters. The zero-order valence-corrected chi connectivity index (χ0v) is 13.9.